The van der Waals surface area contributed by atoms with Gasteiger partial charge in [-0.05, 0) is 24.1 Å². The maximum Gasteiger partial charge on any atom is 0.157 e. The number of benzene rings is 1. The average molecular weight is 248 g/mol. The lowest BCUT2D eigenvalue weighted by Gasteiger charge is -2.34. The molecule has 0 saturated carbocycles. The molecule has 0 unspecified atom stereocenters. The second-order valence-corrected chi connectivity index (χ2v) is 4.57. The van der Waals surface area contributed by atoms with E-state index in [0.717, 1.165) is 38.2 Å². The van der Waals surface area contributed by atoms with Gasteiger partial charge in [0.1, 0.15) is 0 Å². The molecule has 1 aliphatic rings. The molecule has 18 heavy (non-hydrogen) atoms. The third kappa shape index (κ3) is 2.83. The number of nitrogens with one attached hydrogen (secondary N) is 1. The van der Waals surface area contributed by atoms with Gasteiger partial charge < -0.3 is 15.5 Å². The molecule has 4 nitrogen and oxygen atoms in total. The zero-order valence-corrected chi connectivity index (χ0v) is 10.5. The quantitative estimate of drug-likeness (QED) is 0.560. The molecule has 0 aromatic heterocycles. The van der Waals surface area contributed by atoms with Crippen molar-refractivity contribution in [1.29, 1.82) is 0 Å². The van der Waals surface area contributed by atoms with E-state index < -0.39 is 0 Å². The van der Waals surface area contributed by atoms with Crippen LogP contribution in [0.4, 0.5) is 0 Å². The molecule has 0 amide bonds. The number of rotatable bonds is 4. The summed E-state index contributed by atoms with van der Waals surface area (Å²) in [6.45, 7) is 7.75. The van der Waals surface area contributed by atoms with Gasteiger partial charge in [0.15, 0.2) is 11.5 Å². The van der Waals surface area contributed by atoms with Crippen molar-refractivity contribution in [2.45, 2.75) is 12.5 Å². The van der Waals surface area contributed by atoms with E-state index in [1.165, 1.54) is 0 Å². The first kappa shape index (κ1) is 12.9. The highest BCUT2D eigenvalue weighted by Crippen LogP contribution is 2.32. The van der Waals surface area contributed by atoms with Crippen LogP contribution in [0, 0.1) is 0 Å². The Morgan fingerprint density at radius 2 is 2.00 bits per heavy atom. The summed E-state index contributed by atoms with van der Waals surface area (Å²) >= 11 is 0. The molecule has 0 spiro atoms. The summed E-state index contributed by atoms with van der Waals surface area (Å²) in [5, 5.41) is 22.3. The van der Waals surface area contributed by atoms with E-state index in [-0.39, 0.29) is 17.5 Å². The molecule has 0 radical (unpaired) electrons. The Morgan fingerprint density at radius 3 is 2.61 bits per heavy atom. The summed E-state index contributed by atoms with van der Waals surface area (Å²) in [6.07, 6.45) is 2.74. The Hall–Kier alpha value is -1.52. The fourth-order valence-electron chi connectivity index (χ4n) is 2.40. The number of aromatic hydroxyl groups is 2. The zero-order chi connectivity index (χ0) is 13.0. The van der Waals surface area contributed by atoms with Crippen molar-refractivity contribution < 1.29 is 10.2 Å². The first-order chi connectivity index (χ1) is 8.72. The lowest BCUT2D eigenvalue weighted by Crippen LogP contribution is -2.45. The summed E-state index contributed by atoms with van der Waals surface area (Å²) < 4.78 is 0. The van der Waals surface area contributed by atoms with Crippen LogP contribution in [0.5, 0.6) is 11.5 Å². The van der Waals surface area contributed by atoms with Gasteiger partial charge in [-0.2, -0.15) is 0 Å². The minimum atomic E-state index is -0.0728. The molecular formula is C14H20N2O2. The topological polar surface area (TPSA) is 55.7 Å². The minimum Gasteiger partial charge on any atom is -0.504 e. The Balaban J connectivity index is 2.22. The fraction of sp³-hybridized carbons (Fsp3) is 0.429. The number of nitrogens with zero attached hydrogens (tertiary/aromatic N) is 1. The monoisotopic (exact) mass is 248 g/mol. The molecule has 1 aromatic carbocycles. The highest BCUT2D eigenvalue weighted by atomic mass is 16.3. The van der Waals surface area contributed by atoms with Crippen molar-refractivity contribution in [3.05, 3.63) is 36.4 Å². The maximum absolute atomic E-state index is 9.61. The number of phenols is 2. The smallest absolute Gasteiger partial charge is 0.157 e. The van der Waals surface area contributed by atoms with Crippen LogP contribution in [0.3, 0.4) is 0 Å². The van der Waals surface area contributed by atoms with E-state index in [2.05, 4.69) is 16.8 Å². The highest BCUT2D eigenvalue weighted by Gasteiger charge is 2.21. The molecule has 1 saturated heterocycles. The number of hydrogen-bond acceptors (Lipinski definition) is 4. The second kappa shape index (κ2) is 5.89. The van der Waals surface area contributed by atoms with E-state index >= 15 is 0 Å². The molecule has 1 aromatic rings. The van der Waals surface area contributed by atoms with Gasteiger partial charge in [0, 0.05) is 32.2 Å². The summed E-state index contributed by atoms with van der Waals surface area (Å²) in [6, 6.07) is 5.27. The SMILES string of the molecule is C=CC[C@@H](c1ccc(O)c(O)c1)N1CCNCC1. The Morgan fingerprint density at radius 1 is 1.28 bits per heavy atom. The lowest BCUT2D eigenvalue weighted by atomic mass is 10.0. The van der Waals surface area contributed by atoms with E-state index in [1.807, 2.05) is 12.1 Å². The molecule has 3 N–H and O–H groups in total. The van der Waals surface area contributed by atoms with Crippen molar-refractivity contribution in [2.75, 3.05) is 26.2 Å². The van der Waals surface area contributed by atoms with E-state index in [0.29, 0.717) is 0 Å². The molecule has 0 bridgehead atoms. The molecule has 1 fully saturated rings. The van der Waals surface area contributed by atoms with Crippen LogP contribution in [-0.2, 0) is 0 Å². The summed E-state index contributed by atoms with van der Waals surface area (Å²) in [5.41, 5.74) is 1.02. The van der Waals surface area contributed by atoms with Crippen LogP contribution in [-0.4, -0.2) is 41.3 Å². The van der Waals surface area contributed by atoms with Gasteiger partial charge in [-0.3, -0.25) is 4.90 Å². The van der Waals surface area contributed by atoms with Crippen molar-refractivity contribution in [3.63, 3.8) is 0 Å². The largest absolute Gasteiger partial charge is 0.504 e. The predicted molar refractivity (Wildman–Crippen MR) is 71.8 cm³/mol. The predicted octanol–water partition coefficient (Wildman–Crippen LogP) is 1.62. The average Bonchev–Trinajstić information content (AvgIpc) is 2.40. The van der Waals surface area contributed by atoms with Gasteiger partial charge in [-0.15, -0.1) is 6.58 Å². The van der Waals surface area contributed by atoms with Crippen LogP contribution in [0.2, 0.25) is 0 Å². The summed E-state index contributed by atoms with van der Waals surface area (Å²) in [7, 11) is 0. The van der Waals surface area contributed by atoms with Gasteiger partial charge in [0.25, 0.3) is 0 Å². The molecule has 0 aliphatic carbocycles. The van der Waals surface area contributed by atoms with Crippen LogP contribution in [0.1, 0.15) is 18.0 Å². The lowest BCUT2D eigenvalue weighted by molar-refractivity contribution is 0.174. The third-order valence-electron chi connectivity index (χ3n) is 3.37. The molecule has 98 valence electrons. The molecule has 2 rings (SSSR count). The van der Waals surface area contributed by atoms with Crippen molar-refractivity contribution >= 4 is 0 Å². The molecular weight excluding hydrogens is 228 g/mol. The second-order valence-electron chi connectivity index (χ2n) is 4.57. The number of hydrogen-bond donors (Lipinski definition) is 3. The Bertz CT molecular complexity index is 414. The summed E-state index contributed by atoms with van der Waals surface area (Å²) in [5.74, 6) is -0.131. The van der Waals surface area contributed by atoms with Gasteiger partial charge >= 0.3 is 0 Å². The molecule has 1 aliphatic heterocycles. The standard InChI is InChI=1S/C14H20N2O2/c1-2-3-12(16-8-6-15-7-9-16)11-4-5-13(17)14(18)10-11/h2,4-5,10,12,15,17-18H,1,3,6-9H2/t12-/m0/s1. The van der Waals surface area contributed by atoms with Crippen LogP contribution < -0.4 is 5.32 Å². The normalized spacial score (nSPS) is 18.4. The third-order valence-corrected chi connectivity index (χ3v) is 3.37. The van der Waals surface area contributed by atoms with Crippen LogP contribution in [0.15, 0.2) is 30.9 Å². The van der Waals surface area contributed by atoms with E-state index in [4.69, 9.17) is 0 Å². The van der Waals surface area contributed by atoms with Crippen LogP contribution >= 0.6 is 0 Å². The summed E-state index contributed by atoms with van der Waals surface area (Å²) in [4.78, 5) is 2.38. The van der Waals surface area contributed by atoms with Crippen molar-refractivity contribution in [2.24, 2.45) is 0 Å². The Labute approximate surface area is 108 Å². The number of phenolic OH excluding ortho intramolecular Hbond substituents is 2. The number of piperazine rings is 1. The molecule has 1 atom stereocenters. The zero-order valence-electron chi connectivity index (χ0n) is 10.5. The minimum absolute atomic E-state index is 0.0586. The molecule has 4 heteroatoms. The van der Waals surface area contributed by atoms with Crippen molar-refractivity contribution in [1.82, 2.24) is 10.2 Å². The van der Waals surface area contributed by atoms with Gasteiger partial charge in [-0.1, -0.05) is 12.1 Å². The van der Waals surface area contributed by atoms with Crippen molar-refractivity contribution in [3.8, 4) is 11.5 Å². The van der Waals surface area contributed by atoms with E-state index in [1.54, 1.807) is 12.1 Å². The van der Waals surface area contributed by atoms with Gasteiger partial charge in [0.05, 0.1) is 0 Å². The van der Waals surface area contributed by atoms with Gasteiger partial charge in [-0.25, -0.2) is 0 Å². The Kier molecular flexibility index (Phi) is 4.23. The highest BCUT2D eigenvalue weighted by molar-refractivity contribution is 5.41. The maximum atomic E-state index is 9.61. The first-order valence-electron chi connectivity index (χ1n) is 6.30. The van der Waals surface area contributed by atoms with Crippen LogP contribution in [0.25, 0.3) is 0 Å². The van der Waals surface area contributed by atoms with E-state index in [9.17, 15) is 10.2 Å². The first-order valence-corrected chi connectivity index (χ1v) is 6.30. The fourth-order valence-corrected chi connectivity index (χ4v) is 2.40. The molecule has 1 heterocycles. The van der Waals surface area contributed by atoms with Gasteiger partial charge in [0.2, 0.25) is 0 Å².